The van der Waals surface area contributed by atoms with Crippen molar-refractivity contribution < 1.29 is 14.3 Å². The second-order valence-corrected chi connectivity index (χ2v) is 9.82. The third kappa shape index (κ3) is 7.11. The van der Waals surface area contributed by atoms with Crippen molar-refractivity contribution >= 4 is 17.2 Å². The maximum absolute atomic E-state index is 12.7. The molecule has 1 aliphatic heterocycles. The number of nitrogens with one attached hydrogen (secondary N) is 1. The van der Waals surface area contributed by atoms with Gasteiger partial charge in [-0.3, -0.25) is 9.69 Å². The molecule has 3 aromatic rings. The van der Waals surface area contributed by atoms with Crippen molar-refractivity contribution in [3.63, 3.8) is 0 Å². The molecule has 0 saturated carbocycles. The molecule has 2 aromatic carbocycles. The van der Waals surface area contributed by atoms with Crippen molar-refractivity contribution in [1.82, 2.24) is 20.1 Å². The Morgan fingerprint density at radius 1 is 1.20 bits per heavy atom. The second-order valence-electron chi connectivity index (χ2n) is 8.97. The van der Waals surface area contributed by atoms with Crippen LogP contribution in [0, 0.1) is 0 Å². The molecule has 35 heavy (non-hydrogen) atoms. The SMILES string of the molecule is COc1ccc(C(CNC(=O)Cc2csc(-c3cccc(CN4CCOCC4)c3)n2)N(C)C)cc1. The van der Waals surface area contributed by atoms with Crippen LogP contribution < -0.4 is 10.1 Å². The van der Waals surface area contributed by atoms with Crippen LogP contribution in [0.5, 0.6) is 5.75 Å². The highest BCUT2D eigenvalue weighted by atomic mass is 32.1. The van der Waals surface area contributed by atoms with Crippen LogP contribution >= 0.6 is 11.3 Å². The average molecular weight is 495 g/mol. The molecule has 0 spiro atoms. The van der Waals surface area contributed by atoms with Crippen LogP contribution in [-0.4, -0.2) is 74.7 Å². The summed E-state index contributed by atoms with van der Waals surface area (Å²) in [6.07, 6.45) is 0.271. The molecule has 4 rings (SSSR count). The van der Waals surface area contributed by atoms with E-state index in [1.807, 2.05) is 43.7 Å². The Kier molecular flexibility index (Phi) is 8.87. The van der Waals surface area contributed by atoms with Gasteiger partial charge in [-0.1, -0.05) is 30.3 Å². The van der Waals surface area contributed by atoms with Crippen LogP contribution in [-0.2, 0) is 22.5 Å². The highest BCUT2D eigenvalue weighted by Gasteiger charge is 2.17. The van der Waals surface area contributed by atoms with Gasteiger partial charge in [0.05, 0.1) is 38.5 Å². The molecule has 1 N–H and O–H groups in total. The fourth-order valence-corrected chi connectivity index (χ4v) is 5.02. The van der Waals surface area contributed by atoms with Crippen molar-refractivity contribution in [3.05, 3.63) is 70.7 Å². The van der Waals surface area contributed by atoms with E-state index in [1.165, 1.54) is 5.56 Å². The maximum atomic E-state index is 12.7. The minimum atomic E-state index is -0.0247. The summed E-state index contributed by atoms with van der Waals surface area (Å²) in [5.41, 5.74) is 4.29. The Bertz CT molecular complexity index is 1090. The number of carbonyl (C=O) groups excluding carboxylic acids is 1. The predicted molar refractivity (Wildman–Crippen MR) is 140 cm³/mol. The topological polar surface area (TPSA) is 66.9 Å². The molecule has 1 unspecified atom stereocenters. The number of methoxy groups -OCH3 is 1. The number of aromatic nitrogens is 1. The van der Waals surface area contributed by atoms with E-state index >= 15 is 0 Å². The van der Waals surface area contributed by atoms with E-state index in [1.54, 1.807) is 18.4 Å². The first kappa shape index (κ1) is 25.3. The highest BCUT2D eigenvalue weighted by molar-refractivity contribution is 7.13. The number of thiazole rings is 1. The standard InChI is InChI=1S/C27H34N4O3S/c1-30(2)25(21-7-9-24(33-3)10-8-21)17-28-26(32)16-23-19-35-27(29-23)22-6-4-5-20(15-22)18-31-11-13-34-14-12-31/h4-10,15,19,25H,11-14,16-18H2,1-3H3,(H,28,32). The number of morpholine rings is 1. The fourth-order valence-electron chi connectivity index (χ4n) is 4.20. The summed E-state index contributed by atoms with van der Waals surface area (Å²) in [5.74, 6) is 0.796. The number of hydrogen-bond donors (Lipinski definition) is 1. The third-order valence-electron chi connectivity index (χ3n) is 6.19. The Morgan fingerprint density at radius 3 is 2.69 bits per heavy atom. The van der Waals surface area contributed by atoms with E-state index in [0.717, 1.165) is 60.4 Å². The Balaban J connectivity index is 1.33. The molecule has 1 aromatic heterocycles. The fraction of sp³-hybridized carbons (Fsp3) is 0.407. The minimum Gasteiger partial charge on any atom is -0.497 e. The van der Waals surface area contributed by atoms with Crippen molar-refractivity contribution in [3.8, 4) is 16.3 Å². The number of benzene rings is 2. The number of rotatable bonds is 10. The zero-order valence-corrected chi connectivity index (χ0v) is 21.5. The largest absolute Gasteiger partial charge is 0.497 e. The maximum Gasteiger partial charge on any atom is 0.226 e. The first-order valence-corrected chi connectivity index (χ1v) is 12.8. The number of amides is 1. The van der Waals surface area contributed by atoms with Crippen molar-refractivity contribution in [2.75, 3.05) is 54.1 Å². The van der Waals surface area contributed by atoms with Crippen LogP contribution in [0.1, 0.15) is 22.9 Å². The quantitative estimate of drug-likeness (QED) is 0.465. The summed E-state index contributed by atoms with van der Waals surface area (Å²) < 4.78 is 10.7. The van der Waals surface area contributed by atoms with E-state index in [2.05, 4.69) is 39.4 Å². The third-order valence-corrected chi connectivity index (χ3v) is 7.13. The van der Waals surface area contributed by atoms with Gasteiger partial charge < -0.3 is 19.7 Å². The van der Waals surface area contributed by atoms with Gasteiger partial charge in [0, 0.05) is 37.1 Å². The summed E-state index contributed by atoms with van der Waals surface area (Å²) in [4.78, 5) is 22.0. The molecule has 1 aliphatic rings. The van der Waals surface area contributed by atoms with E-state index < -0.39 is 0 Å². The normalized spacial score (nSPS) is 15.2. The lowest BCUT2D eigenvalue weighted by Crippen LogP contribution is -2.35. The van der Waals surface area contributed by atoms with Gasteiger partial charge in [0.25, 0.3) is 0 Å². The number of carbonyl (C=O) groups is 1. The van der Waals surface area contributed by atoms with Crippen LogP contribution in [0.3, 0.4) is 0 Å². The minimum absolute atomic E-state index is 0.0247. The van der Waals surface area contributed by atoms with Gasteiger partial charge in [-0.2, -0.15) is 0 Å². The van der Waals surface area contributed by atoms with E-state index in [4.69, 9.17) is 14.5 Å². The Hall–Kier alpha value is -2.78. The smallest absolute Gasteiger partial charge is 0.226 e. The van der Waals surface area contributed by atoms with Crippen molar-refractivity contribution in [2.45, 2.75) is 19.0 Å². The van der Waals surface area contributed by atoms with Crippen molar-refractivity contribution in [1.29, 1.82) is 0 Å². The summed E-state index contributed by atoms with van der Waals surface area (Å²) in [6.45, 7) is 4.97. The first-order valence-electron chi connectivity index (χ1n) is 11.9. The molecule has 1 amide bonds. The predicted octanol–water partition coefficient (Wildman–Crippen LogP) is 3.61. The Morgan fingerprint density at radius 2 is 1.97 bits per heavy atom. The zero-order valence-electron chi connectivity index (χ0n) is 20.7. The number of hydrogen-bond acceptors (Lipinski definition) is 7. The van der Waals surface area contributed by atoms with Gasteiger partial charge in [0.2, 0.25) is 5.91 Å². The van der Waals surface area contributed by atoms with Gasteiger partial charge >= 0.3 is 0 Å². The molecule has 0 radical (unpaired) electrons. The molecule has 1 atom stereocenters. The summed E-state index contributed by atoms with van der Waals surface area (Å²) >= 11 is 1.58. The lowest BCUT2D eigenvalue weighted by atomic mass is 10.1. The highest BCUT2D eigenvalue weighted by Crippen LogP contribution is 2.26. The summed E-state index contributed by atoms with van der Waals surface area (Å²) in [6, 6.07) is 16.6. The van der Waals surface area contributed by atoms with Gasteiger partial charge in [-0.25, -0.2) is 4.98 Å². The van der Waals surface area contributed by atoms with Gasteiger partial charge in [-0.05, 0) is 43.4 Å². The van der Waals surface area contributed by atoms with Gasteiger partial charge in [-0.15, -0.1) is 11.3 Å². The zero-order chi connectivity index (χ0) is 24.6. The van der Waals surface area contributed by atoms with Crippen molar-refractivity contribution in [2.24, 2.45) is 0 Å². The molecular weight excluding hydrogens is 460 g/mol. The molecule has 2 heterocycles. The van der Waals surface area contributed by atoms with E-state index in [9.17, 15) is 4.79 Å². The molecule has 8 heteroatoms. The number of ether oxygens (including phenoxy) is 2. The summed E-state index contributed by atoms with van der Waals surface area (Å²) in [7, 11) is 5.69. The lowest BCUT2D eigenvalue weighted by molar-refractivity contribution is -0.120. The monoisotopic (exact) mass is 494 g/mol. The molecular formula is C27H34N4O3S. The Labute approximate surface area is 211 Å². The molecule has 7 nitrogen and oxygen atoms in total. The lowest BCUT2D eigenvalue weighted by Gasteiger charge is -2.26. The van der Waals surface area contributed by atoms with E-state index in [-0.39, 0.29) is 18.4 Å². The second kappa shape index (κ2) is 12.3. The molecule has 0 aliphatic carbocycles. The van der Waals surface area contributed by atoms with Crippen LogP contribution in [0.15, 0.2) is 53.9 Å². The van der Waals surface area contributed by atoms with Crippen LogP contribution in [0.4, 0.5) is 0 Å². The molecule has 186 valence electrons. The van der Waals surface area contributed by atoms with E-state index in [0.29, 0.717) is 6.54 Å². The van der Waals surface area contributed by atoms with Crippen LogP contribution in [0.2, 0.25) is 0 Å². The first-order chi connectivity index (χ1) is 17.0. The molecule has 1 fully saturated rings. The number of nitrogens with zero attached hydrogens (tertiary/aromatic N) is 3. The summed E-state index contributed by atoms with van der Waals surface area (Å²) in [5, 5.41) is 6.01. The molecule has 0 bridgehead atoms. The molecule has 1 saturated heterocycles. The number of likely N-dealkylation sites (N-methyl/N-ethyl adjacent to an activating group) is 1. The van der Waals surface area contributed by atoms with Gasteiger partial charge in [0.15, 0.2) is 0 Å². The van der Waals surface area contributed by atoms with Crippen LogP contribution in [0.25, 0.3) is 10.6 Å². The average Bonchev–Trinajstić information content (AvgIpc) is 3.33. The van der Waals surface area contributed by atoms with Gasteiger partial charge in [0.1, 0.15) is 10.8 Å².